The maximum absolute atomic E-state index is 8.87. The Balaban J connectivity index is 2.27. The highest BCUT2D eigenvalue weighted by Crippen LogP contribution is 2.24. The van der Waals surface area contributed by atoms with Crippen molar-refractivity contribution in [1.82, 2.24) is 0 Å². The first kappa shape index (κ1) is 13.0. The van der Waals surface area contributed by atoms with Gasteiger partial charge in [0, 0.05) is 11.4 Å². The van der Waals surface area contributed by atoms with E-state index < -0.39 is 0 Å². The Morgan fingerprint density at radius 1 is 0.947 bits per heavy atom. The molecular weight excluding hydrogens is 258 g/mol. The van der Waals surface area contributed by atoms with Crippen LogP contribution in [0.5, 0.6) is 0 Å². The molecule has 0 atom stereocenters. The third-order valence-corrected chi connectivity index (χ3v) is 3.04. The highest BCUT2D eigenvalue weighted by Gasteiger charge is 2.03. The predicted molar refractivity (Wildman–Crippen MR) is 75.3 cm³/mol. The predicted octanol–water partition coefficient (Wildman–Crippen LogP) is 4.14. The second kappa shape index (κ2) is 5.44. The summed E-state index contributed by atoms with van der Waals surface area (Å²) in [5.74, 6) is 0. The van der Waals surface area contributed by atoms with Crippen molar-refractivity contribution in [2.45, 2.75) is 6.92 Å². The topological polar surface area (TPSA) is 59.6 Å². The number of hydrogen-bond acceptors (Lipinski definition) is 3. The number of nitrogens with zero attached hydrogens (tertiary/aromatic N) is 2. The van der Waals surface area contributed by atoms with Gasteiger partial charge in [-0.05, 0) is 48.9 Å². The van der Waals surface area contributed by atoms with Crippen molar-refractivity contribution >= 4 is 23.0 Å². The van der Waals surface area contributed by atoms with Gasteiger partial charge in [-0.15, -0.1) is 0 Å². The van der Waals surface area contributed by atoms with Gasteiger partial charge in [-0.25, -0.2) is 0 Å². The van der Waals surface area contributed by atoms with Crippen LogP contribution in [0.2, 0.25) is 5.02 Å². The van der Waals surface area contributed by atoms with E-state index in [0.29, 0.717) is 16.1 Å². The minimum Gasteiger partial charge on any atom is -0.355 e. The summed E-state index contributed by atoms with van der Waals surface area (Å²) in [7, 11) is 0. The van der Waals surface area contributed by atoms with Crippen LogP contribution in [0.3, 0.4) is 0 Å². The summed E-state index contributed by atoms with van der Waals surface area (Å²) in [6, 6.07) is 14.8. The average Bonchev–Trinajstić information content (AvgIpc) is 2.39. The summed E-state index contributed by atoms with van der Waals surface area (Å²) in [5, 5.41) is 21.3. The number of nitrogens with one attached hydrogen (secondary N) is 1. The molecule has 0 saturated heterocycles. The fraction of sp³-hybridized carbons (Fsp3) is 0.0667. The van der Waals surface area contributed by atoms with Crippen LogP contribution in [0, 0.1) is 29.6 Å². The lowest BCUT2D eigenvalue weighted by Crippen LogP contribution is -1.92. The highest BCUT2D eigenvalue weighted by atomic mass is 35.5. The van der Waals surface area contributed by atoms with Crippen LogP contribution in [0.1, 0.15) is 16.7 Å². The quantitative estimate of drug-likeness (QED) is 0.890. The smallest absolute Gasteiger partial charge is 0.101 e. The number of hydrogen-bond donors (Lipinski definition) is 1. The van der Waals surface area contributed by atoms with E-state index in [1.165, 1.54) is 0 Å². The lowest BCUT2D eigenvalue weighted by molar-refractivity contribution is 1.38. The van der Waals surface area contributed by atoms with Gasteiger partial charge < -0.3 is 5.32 Å². The zero-order valence-corrected chi connectivity index (χ0v) is 11.0. The molecule has 19 heavy (non-hydrogen) atoms. The minimum atomic E-state index is 0.415. The Labute approximate surface area is 116 Å². The molecule has 0 bridgehead atoms. The Kier molecular flexibility index (Phi) is 3.71. The maximum atomic E-state index is 8.87. The van der Waals surface area contributed by atoms with Crippen molar-refractivity contribution in [2.75, 3.05) is 5.32 Å². The van der Waals surface area contributed by atoms with Crippen LogP contribution in [-0.4, -0.2) is 0 Å². The largest absolute Gasteiger partial charge is 0.355 e. The van der Waals surface area contributed by atoms with E-state index >= 15 is 0 Å². The molecule has 4 heteroatoms. The number of rotatable bonds is 2. The summed E-state index contributed by atoms with van der Waals surface area (Å²) in [4.78, 5) is 0. The normalized spacial score (nSPS) is 9.47. The standard InChI is InChI=1S/C15H10ClN3/c1-10-6-13(4-2-11(10)8-17)19-14-5-3-12(9-18)15(16)7-14/h2-7,19H,1H3. The molecule has 1 N–H and O–H groups in total. The van der Waals surface area contributed by atoms with Gasteiger partial charge >= 0.3 is 0 Å². The Bertz CT molecular complexity index is 647. The van der Waals surface area contributed by atoms with Crippen molar-refractivity contribution in [2.24, 2.45) is 0 Å². The van der Waals surface area contributed by atoms with Crippen LogP contribution < -0.4 is 5.32 Å². The molecule has 0 unspecified atom stereocenters. The summed E-state index contributed by atoms with van der Waals surface area (Å²) < 4.78 is 0. The monoisotopic (exact) mass is 267 g/mol. The van der Waals surface area contributed by atoms with Crippen LogP contribution >= 0.6 is 11.6 Å². The Morgan fingerprint density at radius 3 is 2.05 bits per heavy atom. The van der Waals surface area contributed by atoms with Crippen LogP contribution in [0.25, 0.3) is 0 Å². The molecule has 0 aliphatic carbocycles. The third kappa shape index (κ3) is 2.85. The molecule has 0 spiro atoms. The van der Waals surface area contributed by atoms with E-state index in [1.807, 2.05) is 25.1 Å². The molecule has 0 saturated carbocycles. The second-order valence-corrected chi connectivity index (χ2v) is 4.48. The van der Waals surface area contributed by atoms with Gasteiger partial charge in [0.05, 0.1) is 22.2 Å². The van der Waals surface area contributed by atoms with Gasteiger partial charge in [0.2, 0.25) is 0 Å². The molecule has 2 rings (SSSR count). The van der Waals surface area contributed by atoms with E-state index in [4.69, 9.17) is 22.1 Å². The lowest BCUT2D eigenvalue weighted by atomic mass is 10.1. The van der Waals surface area contributed by atoms with Gasteiger partial charge in [0.25, 0.3) is 0 Å². The molecule has 2 aromatic carbocycles. The Hall–Kier alpha value is -2.49. The second-order valence-electron chi connectivity index (χ2n) is 4.07. The number of benzene rings is 2. The SMILES string of the molecule is Cc1cc(Nc2ccc(C#N)c(Cl)c2)ccc1C#N. The zero-order chi connectivity index (χ0) is 13.8. The van der Waals surface area contributed by atoms with Crippen molar-refractivity contribution in [3.8, 4) is 12.1 Å². The molecule has 0 aliphatic rings. The van der Waals surface area contributed by atoms with Gasteiger partial charge in [0.15, 0.2) is 0 Å². The van der Waals surface area contributed by atoms with E-state index in [9.17, 15) is 0 Å². The van der Waals surface area contributed by atoms with Gasteiger partial charge in [-0.1, -0.05) is 11.6 Å². The summed E-state index contributed by atoms with van der Waals surface area (Å²) in [5.41, 5.74) is 3.68. The average molecular weight is 268 g/mol. The van der Waals surface area contributed by atoms with Gasteiger partial charge in [-0.3, -0.25) is 0 Å². The summed E-state index contributed by atoms with van der Waals surface area (Å²) in [6.07, 6.45) is 0. The van der Waals surface area contributed by atoms with Crippen molar-refractivity contribution < 1.29 is 0 Å². The van der Waals surface area contributed by atoms with Crippen molar-refractivity contribution in [3.05, 3.63) is 58.1 Å². The first-order valence-electron chi connectivity index (χ1n) is 5.61. The number of aryl methyl sites for hydroxylation is 1. The molecule has 0 heterocycles. The number of anilines is 2. The zero-order valence-electron chi connectivity index (χ0n) is 10.2. The van der Waals surface area contributed by atoms with Crippen LogP contribution in [0.15, 0.2) is 36.4 Å². The van der Waals surface area contributed by atoms with Crippen molar-refractivity contribution in [3.63, 3.8) is 0 Å². The number of halogens is 1. The van der Waals surface area contributed by atoms with E-state index in [2.05, 4.69) is 11.4 Å². The minimum absolute atomic E-state index is 0.415. The van der Waals surface area contributed by atoms with E-state index in [-0.39, 0.29) is 0 Å². The summed E-state index contributed by atoms with van der Waals surface area (Å²) >= 11 is 5.97. The molecule has 92 valence electrons. The van der Waals surface area contributed by atoms with Gasteiger partial charge in [0.1, 0.15) is 6.07 Å². The van der Waals surface area contributed by atoms with Gasteiger partial charge in [-0.2, -0.15) is 10.5 Å². The molecule has 2 aromatic rings. The number of nitriles is 2. The van der Waals surface area contributed by atoms with Crippen LogP contribution in [-0.2, 0) is 0 Å². The van der Waals surface area contributed by atoms with E-state index in [0.717, 1.165) is 16.9 Å². The summed E-state index contributed by atoms with van der Waals surface area (Å²) in [6.45, 7) is 1.88. The highest BCUT2D eigenvalue weighted by molar-refractivity contribution is 6.32. The fourth-order valence-corrected chi connectivity index (χ4v) is 1.94. The lowest BCUT2D eigenvalue weighted by Gasteiger charge is -2.08. The molecular formula is C15H10ClN3. The molecule has 0 fully saturated rings. The van der Waals surface area contributed by atoms with Crippen molar-refractivity contribution in [1.29, 1.82) is 10.5 Å². The first-order chi connectivity index (χ1) is 9.13. The van der Waals surface area contributed by atoms with Crippen LogP contribution in [0.4, 0.5) is 11.4 Å². The molecule has 3 nitrogen and oxygen atoms in total. The molecule has 0 aliphatic heterocycles. The maximum Gasteiger partial charge on any atom is 0.101 e. The first-order valence-corrected chi connectivity index (χ1v) is 5.99. The fourth-order valence-electron chi connectivity index (χ4n) is 1.72. The molecule has 0 amide bonds. The molecule has 0 radical (unpaired) electrons. The molecule has 0 aromatic heterocycles. The van der Waals surface area contributed by atoms with E-state index in [1.54, 1.807) is 24.3 Å². The third-order valence-electron chi connectivity index (χ3n) is 2.73. The Morgan fingerprint density at radius 2 is 1.53 bits per heavy atom.